The number of aliphatic hydroxyl groups excluding tert-OH is 1. The summed E-state index contributed by atoms with van der Waals surface area (Å²) in [6.45, 7) is 8.63. The fourth-order valence-corrected chi connectivity index (χ4v) is 6.20. The van der Waals surface area contributed by atoms with Crippen molar-refractivity contribution in [2.75, 3.05) is 11.9 Å². The lowest BCUT2D eigenvalue weighted by atomic mass is 9.94. The number of benzene rings is 3. The van der Waals surface area contributed by atoms with Crippen LogP contribution in [0.25, 0.3) is 22.4 Å². The molecule has 0 bridgehead atoms. The smallest absolute Gasteiger partial charge is 0.258 e. The van der Waals surface area contributed by atoms with Gasteiger partial charge in [-0.2, -0.15) is 0 Å². The molecule has 226 valence electrons. The molecule has 1 aliphatic heterocycles. The van der Waals surface area contributed by atoms with Crippen LogP contribution < -0.4 is 5.32 Å². The van der Waals surface area contributed by atoms with Crippen molar-refractivity contribution < 1.29 is 23.8 Å². The van der Waals surface area contributed by atoms with E-state index >= 15 is 0 Å². The Kier molecular flexibility index (Phi) is 9.45. The lowest BCUT2D eigenvalue weighted by Crippen LogP contribution is -2.45. The van der Waals surface area contributed by atoms with E-state index < -0.39 is 5.79 Å². The van der Waals surface area contributed by atoms with E-state index in [9.17, 15) is 14.3 Å². The molecule has 1 amide bonds. The van der Waals surface area contributed by atoms with Crippen LogP contribution in [0.15, 0.2) is 84.9 Å². The van der Waals surface area contributed by atoms with Crippen LogP contribution in [0, 0.1) is 5.82 Å². The maximum atomic E-state index is 14.2. The molecule has 0 aliphatic carbocycles. The third-order valence-corrected chi connectivity index (χ3v) is 7.84. The summed E-state index contributed by atoms with van der Waals surface area (Å²) in [5.74, 6) is -1.28. The second kappa shape index (κ2) is 13.2. The molecule has 1 aromatic heterocycles. The van der Waals surface area contributed by atoms with Gasteiger partial charge in [0.15, 0.2) is 5.79 Å². The van der Waals surface area contributed by atoms with Crippen LogP contribution in [0.5, 0.6) is 0 Å². The van der Waals surface area contributed by atoms with Crippen LogP contribution in [0.4, 0.5) is 10.1 Å². The van der Waals surface area contributed by atoms with Gasteiger partial charge < -0.3 is 24.5 Å². The van der Waals surface area contributed by atoms with E-state index in [4.69, 9.17) is 9.47 Å². The first-order valence-corrected chi connectivity index (χ1v) is 15.1. The Morgan fingerprint density at radius 1 is 0.930 bits per heavy atom. The SMILES string of the molecule is CC(C)c1c(C(=O)Nc2ccccc2)c(-c2ccccc2)c(-c2ccc(F)cc2)n1CC[C@@H]1C[C@H](CCO)OC(C)(C)O1. The molecule has 4 aromatic rings. The first kappa shape index (κ1) is 30.7. The van der Waals surface area contributed by atoms with E-state index in [1.807, 2.05) is 74.5 Å². The molecule has 0 saturated carbocycles. The molecular formula is C36H41FN2O4. The van der Waals surface area contributed by atoms with Crippen molar-refractivity contribution in [2.24, 2.45) is 0 Å². The molecule has 43 heavy (non-hydrogen) atoms. The second-order valence-electron chi connectivity index (χ2n) is 11.9. The number of para-hydroxylation sites is 1. The molecule has 3 aromatic carbocycles. The summed E-state index contributed by atoms with van der Waals surface area (Å²) in [5, 5.41) is 12.7. The predicted molar refractivity (Wildman–Crippen MR) is 169 cm³/mol. The van der Waals surface area contributed by atoms with Gasteiger partial charge in [0, 0.05) is 36.5 Å². The number of nitrogens with zero attached hydrogens (tertiary/aromatic N) is 1. The number of aliphatic hydroxyl groups is 1. The summed E-state index contributed by atoms with van der Waals surface area (Å²) in [7, 11) is 0. The molecule has 7 heteroatoms. The first-order valence-electron chi connectivity index (χ1n) is 15.1. The Bertz CT molecular complexity index is 1510. The number of nitrogens with one attached hydrogen (secondary N) is 1. The van der Waals surface area contributed by atoms with Crippen LogP contribution in [-0.4, -0.2) is 40.2 Å². The van der Waals surface area contributed by atoms with Gasteiger partial charge in [0.05, 0.1) is 23.5 Å². The van der Waals surface area contributed by atoms with Crippen LogP contribution in [-0.2, 0) is 16.0 Å². The number of carbonyl (C=O) groups excluding carboxylic acids is 1. The van der Waals surface area contributed by atoms with Crippen LogP contribution in [0.2, 0.25) is 0 Å². The molecule has 0 unspecified atom stereocenters. The molecule has 1 aliphatic rings. The summed E-state index contributed by atoms with van der Waals surface area (Å²) >= 11 is 0. The Balaban J connectivity index is 1.67. The first-order chi connectivity index (χ1) is 20.7. The predicted octanol–water partition coefficient (Wildman–Crippen LogP) is 8.02. The number of anilines is 1. The quantitative estimate of drug-likeness (QED) is 0.198. The summed E-state index contributed by atoms with van der Waals surface area (Å²) in [6.07, 6.45) is 1.68. The Morgan fingerprint density at radius 2 is 1.53 bits per heavy atom. The lowest BCUT2D eigenvalue weighted by Gasteiger charge is -2.41. The van der Waals surface area contributed by atoms with E-state index in [1.165, 1.54) is 12.1 Å². The molecule has 0 radical (unpaired) electrons. The van der Waals surface area contributed by atoms with Crippen molar-refractivity contribution >= 4 is 11.6 Å². The average Bonchev–Trinajstić information content (AvgIpc) is 3.32. The highest BCUT2D eigenvalue weighted by Crippen LogP contribution is 2.43. The zero-order chi connectivity index (χ0) is 30.6. The maximum Gasteiger partial charge on any atom is 0.258 e. The van der Waals surface area contributed by atoms with Crippen LogP contribution in [0.1, 0.15) is 68.9 Å². The highest BCUT2D eigenvalue weighted by Gasteiger charge is 2.36. The van der Waals surface area contributed by atoms with Gasteiger partial charge in [-0.1, -0.05) is 62.4 Å². The molecule has 1 fully saturated rings. The number of amides is 1. The van der Waals surface area contributed by atoms with Crippen molar-refractivity contribution in [2.45, 2.75) is 77.4 Å². The Hall–Kier alpha value is -3.78. The van der Waals surface area contributed by atoms with Gasteiger partial charge in [0.25, 0.3) is 5.91 Å². The van der Waals surface area contributed by atoms with Crippen LogP contribution in [0.3, 0.4) is 0 Å². The molecule has 2 heterocycles. The number of ether oxygens (including phenoxy) is 2. The van der Waals surface area contributed by atoms with E-state index in [1.54, 1.807) is 12.1 Å². The largest absolute Gasteiger partial charge is 0.396 e. The monoisotopic (exact) mass is 584 g/mol. The van der Waals surface area contributed by atoms with E-state index in [2.05, 4.69) is 23.7 Å². The van der Waals surface area contributed by atoms with Crippen molar-refractivity contribution in [3.8, 4) is 22.4 Å². The molecule has 2 N–H and O–H groups in total. The lowest BCUT2D eigenvalue weighted by molar-refractivity contribution is -0.302. The molecule has 6 nitrogen and oxygen atoms in total. The molecule has 0 spiro atoms. The zero-order valence-electron chi connectivity index (χ0n) is 25.3. The van der Waals surface area contributed by atoms with Gasteiger partial charge in [-0.15, -0.1) is 0 Å². The highest BCUT2D eigenvalue weighted by atomic mass is 19.1. The fraction of sp³-hybridized carbons (Fsp3) is 0.361. The van der Waals surface area contributed by atoms with Crippen molar-refractivity contribution in [3.05, 3.63) is 102 Å². The third-order valence-electron chi connectivity index (χ3n) is 7.84. The summed E-state index contributed by atoms with van der Waals surface area (Å²) < 4.78 is 28.8. The van der Waals surface area contributed by atoms with Crippen molar-refractivity contribution in [1.29, 1.82) is 0 Å². The maximum absolute atomic E-state index is 14.2. The molecule has 1 saturated heterocycles. The van der Waals surface area contributed by atoms with Gasteiger partial charge >= 0.3 is 0 Å². The topological polar surface area (TPSA) is 72.7 Å². The number of halogens is 1. The van der Waals surface area contributed by atoms with E-state index in [0.29, 0.717) is 37.1 Å². The van der Waals surface area contributed by atoms with E-state index in [0.717, 1.165) is 28.1 Å². The number of aromatic nitrogens is 1. The van der Waals surface area contributed by atoms with E-state index in [-0.39, 0.29) is 36.5 Å². The normalized spacial score (nSPS) is 18.1. The standard InChI is InChI=1S/C36H41FN2O4/c1-24(2)33-32(35(41)38-28-13-9-6-10-14-28)31(25-11-7-5-8-12-25)34(26-15-17-27(37)18-16-26)39(33)21-19-29-23-30(20-22-40)43-36(3,4)42-29/h5-18,24,29-30,40H,19-23H2,1-4H3,(H,38,41)/t29-,30+/m1/s1. The minimum atomic E-state index is -0.768. The van der Waals surface area contributed by atoms with Crippen LogP contribution >= 0.6 is 0 Å². The highest BCUT2D eigenvalue weighted by molar-refractivity contribution is 6.12. The van der Waals surface area contributed by atoms with Gasteiger partial charge in [-0.25, -0.2) is 4.39 Å². The van der Waals surface area contributed by atoms with Crippen molar-refractivity contribution in [1.82, 2.24) is 4.57 Å². The number of hydrogen-bond acceptors (Lipinski definition) is 4. The molecule has 2 atom stereocenters. The molecule has 5 rings (SSSR count). The summed E-state index contributed by atoms with van der Waals surface area (Å²) in [6, 6.07) is 25.9. The number of hydrogen-bond donors (Lipinski definition) is 2. The van der Waals surface area contributed by atoms with Gasteiger partial charge in [-0.3, -0.25) is 4.79 Å². The molecular weight excluding hydrogens is 543 g/mol. The number of carbonyl (C=O) groups is 1. The zero-order valence-corrected chi connectivity index (χ0v) is 25.3. The average molecular weight is 585 g/mol. The minimum absolute atomic E-state index is 0.00219. The van der Waals surface area contributed by atoms with Gasteiger partial charge in [-0.05, 0) is 80.1 Å². The summed E-state index contributed by atoms with van der Waals surface area (Å²) in [5.41, 5.74) is 5.65. The van der Waals surface area contributed by atoms with Crippen molar-refractivity contribution in [3.63, 3.8) is 0 Å². The second-order valence-corrected chi connectivity index (χ2v) is 11.9. The third kappa shape index (κ3) is 7.07. The minimum Gasteiger partial charge on any atom is -0.396 e. The Morgan fingerprint density at radius 3 is 2.14 bits per heavy atom. The Labute approximate surface area is 253 Å². The fourth-order valence-electron chi connectivity index (χ4n) is 6.20. The number of rotatable bonds is 10. The van der Waals surface area contributed by atoms with Gasteiger partial charge in [0.1, 0.15) is 5.82 Å². The van der Waals surface area contributed by atoms with Gasteiger partial charge in [0.2, 0.25) is 0 Å². The summed E-state index contributed by atoms with van der Waals surface area (Å²) in [4.78, 5) is 14.2.